The monoisotopic (exact) mass is 337 g/mol. The Morgan fingerprint density at radius 2 is 2.04 bits per heavy atom. The van der Waals surface area contributed by atoms with E-state index < -0.39 is 0 Å². The molecule has 1 aliphatic heterocycles. The van der Waals surface area contributed by atoms with Gasteiger partial charge in [-0.15, -0.1) is 0 Å². The van der Waals surface area contributed by atoms with E-state index in [0.717, 1.165) is 54.1 Å². The zero-order valence-electron chi connectivity index (χ0n) is 14.8. The molecule has 0 amide bonds. The van der Waals surface area contributed by atoms with Crippen LogP contribution >= 0.6 is 0 Å². The lowest BCUT2D eigenvalue weighted by Crippen LogP contribution is -2.42. The maximum Gasteiger partial charge on any atom is 0.0712 e. The second-order valence-electron chi connectivity index (χ2n) is 7.21. The van der Waals surface area contributed by atoms with Gasteiger partial charge in [-0.2, -0.15) is 0 Å². The lowest BCUT2D eigenvalue weighted by atomic mass is 9.91. The second kappa shape index (κ2) is 6.92. The standard InChI is InChI=1S/C20H27N5/c1-13-11-15-17(24-14-5-4-10-22-12-14)8-9-19(20(15)23-13)25-18-7-3-2-6-16(18)21/h5,8-9,11-12,16,18,23-25H,2-4,6-7,10,21H2,1H3/t16-,18+/m0/s1. The van der Waals surface area contributed by atoms with E-state index in [1.165, 1.54) is 18.2 Å². The fourth-order valence-corrected chi connectivity index (χ4v) is 3.87. The van der Waals surface area contributed by atoms with Crippen molar-refractivity contribution in [2.24, 2.45) is 10.7 Å². The van der Waals surface area contributed by atoms with Crippen molar-refractivity contribution in [1.29, 1.82) is 0 Å². The second-order valence-corrected chi connectivity index (χ2v) is 7.21. The Labute approximate surface area is 148 Å². The van der Waals surface area contributed by atoms with Gasteiger partial charge in [-0.1, -0.05) is 18.9 Å². The van der Waals surface area contributed by atoms with Gasteiger partial charge in [0, 0.05) is 41.6 Å². The summed E-state index contributed by atoms with van der Waals surface area (Å²) in [7, 11) is 0. The number of nitrogens with one attached hydrogen (secondary N) is 3. The topological polar surface area (TPSA) is 78.2 Å². The highest BCUT2D eigenvalue weighted by Crippen LogP contribution is 2.33. The molecule has 25 heavy (non-hydrogen) atoms. The third kappa shape index (κ3) is 3.42. The van der Waals surface area contributed by atoms with E-state index in [2.05, 4.69) is 51.8 Å². The Balaban J connectivity index is 1.64. The van der Waals surface area contributed by atoms with Gasteiger partial charge in [0.2, 0.25) is 0 Å². The first kappa shape index (κ1) is 16.2. The number of aromatic amines is 1. The van der Waals surface area contributed by atoms with E-state index in [1.54, 1.807) is 0 Å². The first-order valence-corrected chi connectivity index (χ1v) is 9.32. The fourth-order valence-electron chi connectivity index (χ4n) is 3.87. The molecule has 0 saturated heterocycles. The van der Waals surface area contributed by atoms with Crippen molar-refractivity contribution in [1.82, 2.24) is 4.98 Å². The number of hydrogen-bond acceptors (Lipinski definition) is 4. The van der Waals surface area contributed by atoms with Crippen LogP contribution in [0.15, 0.2) is 35.0 Å². The molecule has 1 fully saturated rings. The Kier molecular flexibility index (Phi) is 4.49. The number of rotatable bonds is 4. The molecule has 0 spiro atoms. The summed E-state index contributed by atoms with van der Waals surface area (Å²) in [6.07, 6.45) is 9.87. The van der Waals surface area contributed by atoms with Crippen LogP contribution in [-0.2, 0) is 0 Å². The lowest BCUT2D eigenvalue weighted by Gasteiger charge is -2.30. The van der Waals surface area contributed by atoms with E-state index >= 15 is 0 Å². The number of nitrogens with two attached hydrogens (primary N) is 1. The van der Waals surface area contributed by atoms with Crippen LogP contribution in [0.5, 0.6) is 0 Å². The summed E-state index contributed by atoms with van der Waals surface area (Å²) >= 11 is 0. The molecule has 2 aliphatic rings. The summed E-state index contributed by atoms with van der Waals surface area (Å²) in [4.78, 5) is 7.87. The van der Waals surface area contributed by atoms with Crippen molar-refractivity contribution in [3.63, 3.8) is 0 Å². The average Bonchev–Trinajstić information content (AvgIpc) is 3.02. The maximum atomic E-state index is 6.32. The van der Waals surface area contributed by atoms with Crippen molar-refractivity contribution in [3.05, 3.63) is 35.7 Å². The van der Waals surface area contributed by atoms with Crippen molar-refractivity contribution >= 4 is 28.5 Å². The van der Waals surface area contributed by atoms with Crippen LogP contribution in [0.2, 0.25) is 0 Å². The van der Waals surface area contributed by atoms with Crippen LogP contribution < -0.4 is 16.4 Å². The van der Waals surface area contributed by atoms with Crippen LogP contribution in [0, 0.1) is 6.92 Å². The van der Waals surface area contributed by atoms with Crippen LogP contribution in [0.1, 0.15) is 37.8 Å². The summed E-state index contributed by atoms with van der Waals surface area (Å²) < 4.78 is 0. The molecule has 5 heteroatoms. The van der Waals surface area contributed by atoms with E-state index in [4.69, 9.17) is 5.73 Å². The number of aliphatic imine (C=N–C) groups is 1. The number of dihydropyridines is 1. The first-order chi connectivity index (χ1) is 12.2. The molecule has 4 rings (SSSR count). The fraction of sp³-hybridized carbons (Fsp3) is 0.450. The van der Waals surface area contributed by atoms with E-state index in [9.17, 15) is 0 Å². The molecule has 2 atom stereocenters. The highest BCUT2D eigenvalue weighted by Gasteiger charge is 2.22. The van der Waals surface area contributed by atoms with Crippen molar-refractivity contribution in [3.8, 4) is 0 Å². The molecule has 1 aliphatic carbocycles. The van der Waals surface area contributed by atoms with Gasteiger partial charge in [0.05, 0.1) is 16.9 Å². The molecule has 2 aromatic rings. The largest absolute Gasteiger partial charge is 0.379 e. The molecule has 1 aromatic carbocycles. The molecule has 0 bridgehead atoms. The number of fused-ring (bicyclic) bond motifs is 1. The van der Waals surface area contributed by atoms with E-state index in [0.29, 0.717) is 6.04 Å². The summed E-state index contributed by atoms with van der Waals surface area (Å²) in [5.74, 6) is 0. The highest BCUT2D eigenvalue weighted by molar-refractivity contribution is 6.02. The van der Waals surface area contributed by atoms with E-state index in [-0.39, 0.29) is 6.04 Å². The molecular weight excluding hydrogens is 310 g/mol. The molecule has 2 heterocycles. The zero-order chi connectivity index (χ0) is 17.2. The number of aromatic nitrogens is 1. The summed E-state index contributed by atoms with van der Waals surface area (Å²) in [5, 5.41) is 8.41. The van der Waals surface area contributed by atoms with Crippen molar-refractivity contribution in [2.45, 2.75) is 51.1 Å². The van der Waals surface area contributed by atoms with Gasteiger partial charge in [0.25, 0.3) is 0 Å². The maximum absolute atomic E-state index is 6.32. The molecular formula is C20H27N5. The Morgan fingerprint density at radius 1 is 1.20 bits per heavy atom. The molecule has 5 nitrogen and oxygen atoms in total. The smallest absolute Gasteiger partial charge is 0.0712 e. The third-order valence-corrected chi connectivity index (χ3v) is 5.22. The van der Waals surface area contributed by atoms with Crippen LogP contribution in [0.25, 0.3) is 10.9 Å². The average molecular weight is 337 g/mol. The normalized spacial score (nSPS) is 23.5. The zero-order valence-corrected chi connectivity index (χ0v) is 14.8. The summed E-state index contributed by atoms with van der Waals surface area (Å²) in [6.45, 7) is 2.98. The number of aryl methyl sites for hydroxylation is 1. The molecule has 0 unspecified atom stereocenters. The summed E-state index contributed by atoms with van der Waals surface area (Å²) in [5.41, 5.74) is 11.9. The van der Waals surface area contributed by atoms with Gasteiger partial charge in [0.1, 0.15) is 0 Å². The minimum absolute atomic E-state index is 0.237. The predicted molar refractivity (Wildman–Crippen MR) is 107 cm³/mol. The van der Waals surface area contributed by atoms with Crippen molar-refractivity contribution in [2.75, 3.05) is 17.2 Å². The van der Waals surface area contributed by atoms with Gasteiger partial charge in [0.15, 0.2) is 0 Å². The molecule has 132 valence electrons. The van der Waals surface area contributed by atoms with Crippen LogP contribution in [0.4, 0.5) is 11.4 Å². The minimum atomic E-state index is 0.237. The number of hydrogen-bond donors (Lipinski definition) is 4. The molecule has 1 saturated carbocycles. The highest BCUT2D eigenvalue weighted by atomic mass is 15.0. The van der Waals surface area contributed by atoms with Gasteiger partial charge in [-0.05, 0) is 44.4 Å². The number of H-pyrrole nitrogens is 1. The first-order valence-electron chi connectivity index (χ1n) is 9.32. The Morgan fingerprint density at radius 3 is 2.84 bits per heavy atom. The van der Waals surface area contributed by atoms with Crippen LogP contribution in [-0.4, -0.2) is 29.8 Å². The number of anilines is 2. The van der Waals surface area contributed by atoms with Crippen molar-refractivity contribution < 1.29 is 0 Å². The lowest BCUT2D eigenvalue weighted by molar-refractivity contribution is 0.404. The third-order valence-electron chi connectivity index (χ3n) is 5.22. The van der Waals surface area contributed by atoms with Gasteiger partial charge in [-0.25, -0.2) is 0 Å². The predicted octanol–water partition coefficient (Wildman–Crippen LogP) is 3.93. The number of allylic oxidation sites excluding steroid dienone is 1. The van der Waals surface area contributed by atoms with Crippen LogP contribution in [0.3, 0.4) is 0 Å². The van der Waals surface area contributed by atoms with E-state index in [1.807, 2.05) is 6.21 Å². The molecule has 0 radical (unpaired) electrons. The molecule has 5 N–H and O–H groups in total. The SMILES string of the molecule is Cc1cc2c(NC3=CCCN=C3)ccc(N[C@@H]3CCCC[C@@H]3N)c2[nH]1. The summed E-state index contributed by atoms with van der Waals surface area (Å²) in [6, 6.07) is 7.09. The quantitative estimate of drug-likeness (QED) is 0.682. The Bertz CT molecular complexity index is 817. The van der Waals surface area contributed by atoms with Gasteiger partial charge < -0.3 is 21.4 Å². The van der Waals surface area contributed by atoms with Gasteiger partial charge >= 0.3 is 0 Å². The minimum Gasteiger partial charge on any atom is -0.379 e. The Hall–Kier alpha value is -2.27. The number of nitrogens with zero attached hydrogens (tertiary/aromatic N) is 1. The number of benzene rings is 1. The van der Waals surface area contributed by atoms with Gasteiger partial charge in [-0.3, -0.25) is 4.99 Å². The molecule has 1 aromatic heterocycles.